The third-order valence-electron chi connectivity index (χ3n) is 1.44. The Hall–Kier alpha value is -1.00. The molecule has 5 heteroatoms. The van der Waals surface area contributed by atoms with Gasteiger partial charge < -0.3 is 0 Å². The number of nitrogens with zero attached hydrogens (tertiary/aromatic N) is 2. The molecule has 0 saturated heterocycles. The van der Waals surface area contributed by atoms with E-state index in [9.17, 15) is 13.2 Å². The summed E-state index contributed by atoms with van der Waals surface area (Å²) in [4.78, 5) is 0. The molecule has 0 aliphatic heterocycles. The third kappa shape index (κ3) is 2.56. The summed E-state index contributed by atoms with van der Waals surface area (Å²) in [5, 5.41) is 3.57. The molecule has 0 bridgehead atoms. The number of aryl methyl sites for hydroxylation is 1. The Kier molecular flexibility index (Phi) is 2.40. The topological polar surface area (TPSA) is 17.8 Å². The van der Waals surface area contributed by atoms with Gasteiger partial charge in [0.25, 0.3) is 0 Å². The Balaban J connectivity index is 2.64. The van der Waals surface area contributed by atoms with E-state index >= 15 is 0 Å². The minimum Gasteiger partial charge on any atom is -0.263 e. The maximum absolute atomic E-state index is 11.8. The Morgan fingerprint density at radius 2 is 2.17 bits per heavy atom. The second-order valence-electron chi connectivity index (χ2n) is 2.51. The summed E-state index contributed by atoms with van der Waals surface area (Å²) in [5.41, 5.74) is 0.819. The zero-order valence-corrected chi connectivity index (χ0v) is 6.60. The maximum atomic E-state index is 11.8. The lowest BCUT2D eigenvalue weighted by Gasteiger charge is -2.04. The summed E-state index contributed by atoms with van der Waals surface area (Å²) in [7, 11) is 0. The molecule has 1 aromatic rings. The molecule has 1 rings (SSSR count). The predicted octanol–water partition coefficient (Wildman–Crippen LogP) is 2.01. The van der Waals surface area contributed by atoms with Gasteiger partial charge in [0, 0.05) is 6.20 Å². The molecule has 0 atom stereocenters. The minimum absolute atomic E-state index is 0.706. The second-order valence-corrected chi connectivity index (χ2v) is 2.51. The van der Waals surface area contributed by atoms with Crippen molar-refractivity contribution in [3.05, 3.63) is 18.0 Å². The molecule has 2 nitrogen and oxygen atoms in total. The van der Waals surface area contributed by atoms with Crippen molar-refractivity contribution in [3.8, 4) is 0 Å². The number of aromatic nitrogens is 2. The van der Waals surface area contributed by atoms with E-state index in [0.29, 0.717) is 6.42 Å². The maximum Gasteiger partial charge on any atom is 0.408 e. The number of rotatable bonds is 2. The van der Waals surface area contributed by atoms with Crippen molar-refractivity contribution in [2.45, 2.75) is 26.1 Å². The molecule has 0 spiro atoms. The summed E-state index contributed by atoms with van der Waals surface area (Å²) in [5.74, 6) is 0. The van der Waals surface area contributed by atoms with Gasteiger partial charge in [-0.25, -0.2) is 0 Å². The van der Waals surface area contributed by atoms with Crippen LogP contribution in [-0.4, -0.2) is 16.0 Å². The standard InChI is InChI=1S/C7H9F3N2/c1-2-6-3-11-12(4-6)5-7(8,9)10/h3-4H,2,5H2,1H3. The van der Waals surface area contributed by atoms with Gasteiger partial charge in [0.1, 0.15) is 6.54 Å². The summed E-state index contributed by atoms with van der Waals surface area (Å²) in [6.45, 7) is 0.863. The van der Waals surface area contributed by atoms with Crippen LogP contribution in [0.1, 0.15) is 12.5 Å². The highest BCUT2D eigenvalue weighted by molar-refractivity contribution is 5.02. The minimum atomic E-state index is -4.18. The molecule has 12 heavy (non-hydrogen) atoms. The zero-order valence-electron chi connectivity index (χ0n) is 6.60. The smallest absolute Gasteiger partial charge is 0.263 e. The second kappa shape index (κ2) is 3.16. The van der Waals surface area contributed by atoms with Crippen molar-refractivity contribution in [2.24, 2.45) is 0 Å². The van der Waals surface area contributed by atoms with Gasteiger partial charge >= 0.3 is 6.18 Å². The van der Waals surface area contributed by atoms with Crippen molar-refractivity contribution < 1.29 is 13.2 Å². The van der Waals surface area contributed by atoms with Gasteiger partial charge in [-0.05, 0) is 12.0 Å². The largest absolute Gasteiger partial charge is 0.408 e. The van der Waals surface area contributed by atoms with E-state index in [1.54, 1.807) is 0 Å². The molecule has 0 N–H and O–H groups in total. The first-order valence-electron chi connectivity index (χ1n) is 3.59. The van der Waals surface area contributed by atoms with Crippen LogP contribution in [0.5, 0.6) is 0 Å². The van der Waals surface area contributed by atoms with E-state index in [1.165, 1.54) is 12.4 Å². The van der Waals surface area contributed by atoms with Crippen LogP contribution < -0.4 is 0 Å². The van der Waals surface area contributed by atoms with Crippen LogP contribution in [0.15, 0.2) is 12.4 Å². The van der Waals surface area contributed by atoms with E-state index in [2.05, 4.69) is 5.10 Å². The Morgan fingerprint density at radius 3 is 2.58 bits per heavy atom. The molecule has 68 valence electrons. The molecular formula is C7H9F3N2. The number of hydrogen-bond donors (Lipinski definition) is 0. The predicted molar refractivity (Wildman–Crippen MR) is 37.7 cm³/mol. The highest BCUT2D eigenvalue weighted by Crippen LogP contribution is 2.16. The third-order valence-corrected chi connectivity index (χ3v) is 1.44. The highest BCUT2D eigenvalue weighted by Gasteiger charge is 2.28. The number of alkyl halides is 3. The van der Waals surface area contributed by atoms with Crippen LogP contribution in [0.2, 0.25) is 0 Å². The molecule has 0 fully saturated rings. The first-order valence-corrected chi connectivity index (χ1v) is 3.59. The fourth-order valence-electron chi connectivity index (χ4n) is 0.859. The monoisotopic (exact) mass is 178 g/mol. The molecule has 0 radical (unpaired) electrons. The lowest BCUT2D eigenvalue weighted by molar-refractivity contribution is -0.142. The highest BCUT2D eigenvalue weighted by atomic mass is 19.4. The van der Waals surface area contributed by atoms with E-state index in [4.69, 9.17) is 0 Å². The average molecular weight is 178 g/mol. The van der Waals surface area contributed by atoms with E-state index < -0.39 is 12.7 Å². The van der Waals surface area contributed by atoms with Crippen molar-refractivity contribution >= 4 is 0 Å². The lowest BCUT2D eigenvalue weighted by Crippen LogP contribution is -2.17. The van der Waals surface area contributed by atoms with Gasteiger partial charge in [0.15, 0.2) is 0 Å². The molecule has 1 heterocycles. The van der Waals surface area contributed by atoms with Gasteiger partial charge in [-0.1, -0.05) is 6.92 Å². The molecule has 0 amide bonds. The van der Waals surface area contributed by atoms with Gasteiger partial charge in [0.05, 0.1) is 6.20 Å². The number of hydrogen-bond acceptors (Lipinski definition) is 1. The average Bonchev–Trinajstić information content (AvgIpc) is 2.32. The molecular weight excluding hydrogens is 169 g/mol. The van der Waals surface area contributed by atoms with Crippen LogP contribution in [-0.2, 0) is 13.0 Å². The van der Waals surface area contributed by atoms with E-state index in [1.807, 2.05) is 6.92 Å². The van der Waals surface area contributed by atoms with Crippen LogP contribution in [0, 0.1) is 0 Å². The van der Waals surface area contributed by atoms with Crippen LogP contribution in [0.25, 0.3) is 0 Å². The number of halogens is 3. The van der Waals surface area contributed by atoms with Crippen molar-refractivity contribution in [3.63, 3.8) is 0 Å². The molecule has 0 aliphatic carbocycles. The SMILES string of the molecule is CCc1cnn(CC(F)(F)F)c1. The zero-order chi connectivity index (χ0) is 9.19. The van der Waals surface area contributed by atoms with E-state index in [0.717, 1.165) is 10.2 Å². The first-order chi connectivity index (χ1) is 5.51. The van der Waals surface area contributed by atoms with Crippen LogP contribution in [0.3, 0.4) is 0 Å². The Labute approximate surface area is 68.0 Å². The van der Waals surface area contributed by atoms with E-state index in [-0.39, 0.29) is 0 Å². The summed E-state index contributed by atoms with van der Waals surface area (Å²) < 4.78 is 36.3. The molecule has 0 aliphatic rings. The molecule has 1 aromatic heterocycles. The van der Waals surface area contributed by atoms with Crippen LogP contribution in [0.4, 0.5) is 13.2 Å². The van der Waals surface area contributed by atoms with Gasteiger partial charge in [-0.15, -0.1) is 0 Å². The molecule has 0 aromatic carbocycles. The van der Waals surface area contributed by atoms with Crippen molar-refractivity contribution in [2.75, 3.05) is 0 Å². The quantitative estimate of drug-likeness (QED) is 0.677. The fraction of sp³-hybridized carbons (Fsp3) is 0.571. The molecule has 0 unspecified atom stereocenters. The van der Waals surface area contributed by atoms with Gasteiger partial charge in [-0.3, -0.25) is 4.68 Å². The Morgan fingerprint density at radius 1 is 1.50 bits per heavy atom. The van der Waals surface area contributed by atoms with Gasteiger partial charge in [-0.2, -0.15) is 18.3 Å². The fourth-order valence-corrected chi connectivity index (χ4v) is 0.859. The van der Waals surface area contributed by atoms with Crippen LogP contribution >= 0.6 is 0 Å². The first kappa shape index (κ1) is 9.09. The summed E-state index contributed by atoms with van der Waals surface area (Å²) in [6.07, 6.45) is -0.617. The molecule has 0 saturated carbocycles. The van der Waals surface area contributed by atoms with Crippen molar-refractivity contribution in [1.29, 1.82) is 0 Å². The van der Waals surface area contributed by atoms with Crippen molar-refractivity contribution in [1.82, 2.24) is 9.78 Å². The Bertz CT molecular complexity index is 251. The summed E-state index contributed by atoms with van der Waals surface area (Å²) in [6, 6.07) is 0. The normalized spacial score (nSPS) is 12.0. The lowest BCUT2D eigenvalue weighted by atomic mass is 10.3. The van der Waals surface area contributed by atoms with Gasteiger partial charge in [0.2, 0.25) is 0 Å². The summed E-state index contributed by atoms with van der Waals surface area (Å²) >= 11 is 0.